The molecule has 1 aromatic rings. The molecule has 0 saturated heterocycles. The Morgan fingerprint density at radius 2 is 1.81 bits per heavy atom. The highest BCUT2D eigenvalue weighted by Gasteiger charge is 2.29. The fourth-order valence-electron chi connectivity index (χ4n) is 1.68. The third-order valence-electron chi connectivity index (χ3n) is 2.39. The zero-order valence-corrected chi connectivity index (χ0v) is 8.95. The van der Waals surface area contributed by atoms with Crippen LogP contribution in [0.3, 0.4) is 0 Å². The van der Waals surface area contributed by atoms with Gasteiger partial charge in [0, 0.05) is 11.6 Å². The number of imide groups is 1. The van der Waals surface area contributed by atoms with Crippen LogP contribution in [0.1, 0.15) is 12.5 Å². The Morgan fingerprint density at radius 3 is 2.31 bits per heavy atom. The summed E-state index contributed by atoms with van der Waals surface area (Å²) in [6, 6.07) is 4.12. The first kappa shape index (κ1) is 10.5. The van der Waals surface area contributed by atoms with Gasteiger partial charge in [-0.25, -0.2) is 9.29 Å². The second kappa shape index (κ2) is 3.56. The lowest BCUT2D eigenvalue weighted by atomic mass is 10.2. The SMILES string of the molecule is CC1=CC(=O)N(c2cc(C)cc(F)c2)C1=O. The minimum absolute atomic E-state index is 0.278. The molecule has 1 aliphatic rings. The zero-order chi connectivity index (χ0) is 11.9. The van der Waals surface area contributed by atoms with Crippen LogP contribution in [-0.2, 0) is 9.59 Å². The lowest BCUT2D eigenvalue weighted by Gasteiger charge is -2.15. The number of halogens is 1. The van der Waals surface area contributed by atoms with Gasteiger partial charge in [0.05, 0.1) is 5.69 Å². The number of aryl methyl sites for hydroxylation is 1. The molecule has 1 aromatic carbocycles. The Hall–Kier alpha value is -1.97. The molecule has 82 valence electrons. The van der Waals surface area contributed by atoms with E-state index in [9.17, 15) is 14.0 Å². The van der Waals surface area contributed by atoms with Gasteiger partial charge in [0.2, 0.25) is 0 Å². The minimum atomic E-state index is -0.458. The summed E-state index contributed by atoms with van der Waals surface area (Å²) in [5.41, 5.74) is 1.31. The number of benzene rings is 1. The molecule has 0 fully saturated rings. The second-order valence-electron chi connectivity index (χ2n) is 3.79. The predicted molar refractivity (Wildman–Crippen MR) is 57.4 cm³/mol. The number of carbonyl (C=O) groups excluding carboxylic acids is 2. The average Bonchev–Trinajstić information content (AvgIpc) is 2.39. The molecule has 2 amide bonds. The Bertz CT molecular complexity index is 500. The van der Waals surface area contributed by atoms with E-state index in [0.29, 0.717) is 11.1 Å². The van der Waals surface area contributed by atoms with E-state index < -0.39 is 17.6 Å². The van der Waals surface area contributed by atoms with Gasteiger partial charge in [-0.05, 0) is 37.6 Å². The number of hydrogen-bond acceptors (Lipinski definition) is 2. The highest BCUT2D eigenvalue weighted by Crippen LogP contribution is 2.24. The van der Waals surface area contributed by atoms with E-state index in [1.165, 1.54) is 18.2 Å². The maximum Gasteiger partial charge on any atom is 0.261 e. The minimum Gasteiger partial charge on any atom is -0.269 e. The average molecular weight is 219 g/mol. The standard InChI is InChI=1S/C12H10FNO2/c1-7-3-9(13)6-10(4-7)14-11(15)5-8(2)12(14)16/h3-6H,1-2H3. The van der Waals surface area contributed by atoms with Gasteiger partial charge in [-0.1, -0.05) is 0 Å². The van der Waals surface area contributed by atoms with Crippen molar-refractivity contribution in [3.05, 3.63) is 41.2 Å². The first-order chi connectivity index (χ1) is 7.49. The summed E-state index contributed by atoms with van der Waals surface area (Å²) in [6.45, 7) is 3.27. The summed E-state index contributed by atoms with van der Waals surface area (Å²) in [7, 11) is 0. The molecular weight excluding hydrogens is 209 g/mol. The van der Waals surface area contributed by atoms with Gasteiger partial charge in [0.25, 0.3) is 11.8 Å². The topological polar surface area (TPSA) is 37.4 Å². The van der Waals surface area contributed by atoms with Gasteiger partial charge >= 0.3 is 0 Å². The van der Waals surface area contributed by atoms with Crippen molar-refractivity contribution in [1.82, 2.24) is 0 Å². The Balaban J connectivity index is 2.46. The van der Waals surface area contributed by atoms with Gasteiger partial charge in [-0.3, -0.25) is 9.59 Å². The summed E-state index contributed by atoms with van der Waals surface area (Å²) < 4.78 is 13.2. The maximum absolute atomic E-state index is 13.2. The first-order valence-electron chi connectivity index (χ1n) is 4.83. The highest BCUT2D eigenvalue weighted by molar-refractivity contribution is 6.30. The van der Waals surface area contributed by atoms with Crippen LogP contribution in [0.5, 0.6) is 0 Å². The Kier molecular flexibility index (Phi) is 2.34. The van der Waals surface area contributed by atoms with Crippen molar-refractivity contribution in [2.45, 2.75) is 13.8 Å². The van der Waals surface area contributed by atoms with Crippen LogP contribution in [0.4, 0.5) is 10.1 Å². The molecule has 4 heteroatoms. The van der Waals surface area contributed by atoms with Crippen LogP contribution in [0.25, 0.3) is 0 Å². The maximum atomic E-state index is 13.2. The Morgan fingerprint density at radius 1 is 1.12 bits per heavy atom. The van der Waals surface area contributed by atoms with E-state index >= 15 is 0 Å². The number of nitrogens with zero attached hydrogens (tertiary/aromatic N) is 1. The van der Waals surface area contributed by atoms with Crippen LogP contribution >= 0.6 is 0 Å². The van der Waals surface area contributed by atoms with Crippen molar-refractivity contribution in [2.75, 3.05) is 4.90 Å². The molecule has 0 saturated carbocycles. The molecule has 0 atom stereocenters. The quantitative estimate of drug-likeness (QED) is 0.677. The molecule has 0 N–H and O–H groups in total. The molecule has 2 rings (SSSR count). The summed E-state index contributed by atoms with van der Waals surface area (Å²) in [5, 5.41) is 0. The van der Waals surface area contributed by atoms with E-state index in [1.807, 2.05) is 0 Å². The number of hydrogen-bond donors (Lipinski definition) is 0. The van der Waals surface area contributed by atoms with E-state index in [4.69, 9.17) is 0 Å². The number of carbonyl (C=O) groups is 2. The second-order valence-corrected chi connectivity index (χ2v) is 3.79. The molecular formula is C12H10FNO2. The molecule has 0 radical (unpaired) electrons. The van der Waals surface area contributed by atoms with Crippen molar-refractivity contribution in [1.29, 1.82) is 0 Å². The molecule has 0 unspecified atom stereocenters. The van der Waals surface area contributed by atoms with Crippen molar-refractivity contribution in [3.8, 4) is 0 Å². The van der Waals surface area contributed by atoms with Crippen LogP contribution < -0.4 is 4.90 Å². The normalized spacial score (nSPS) is 15.7. The lowest BCUT2D eigenvalue weighted by molar-refractivity contribution is -0.120. The molecule has 1 heterocycles. The fraction of sp³-hybridized carbons (Fsp3) is 0.167. The molecule has 0 aromatic heterocycles. The van der Waals surface area contributed by atoms with Gasteiger partial charge in [-0.15, -0.1) is 0 Å². The van der Waals surface area contributed by atoms with E-state index in [2.05, 4.69) is 0 Å². The molecule has 0 aliphatic carbocycles. The largest absolute Gasteiger partial charge is 0.269 e. The van der Waals surface area contributed by atoms with Crippen LogP contribution in [0.15, 0.2) is 29.8 Å². The van der Waals surface area contributed by atoms with Gasteiger partial charge < -0.3 is 0 Å². The summed E-state index contributed by atoms with van der Waals surface area (Å²) in [5.74, 6) is -1.28. The molecule has 0 spiro atoms. The van der Waals surface area contributed by atoms with Crippen LogP contribution in [-0.4, -0.2) is 11.8 Å². The molecule has 1 aliphatic heterocycles. The van der Waals surface area contributed by atoms with Crippen molar-refractivity contribution >= 4 is 17.5 Å². The van der Waals surface area contributed by atoms with Gasteiger partial charge in [0.15, 0.2) is 0 Å². The summed E-state index contributed by atoms with van der Waals surface area (Å²) in [6.07, 6.45) is 1.25. The summed E-state index contributed by atoms with van der Waals surface area (Å²) >= 11 is 0. The van der Waals surface area contributed by atoms with E-state index in [1.54, 1.807) is 19.9 Å². The summed E-state index contributed by atoms with van der Waals surface area (Å²) in [4.78, 5) is 24.2. The number of amides is 2. The molecule has 0 bridgehead atoms. The lowest BCUT2D eigenvalue weighted by Crippen LogP contribution is -2.30. The van der Waals surface area contributed by atoms with Crippen LogP contribution in [0, 0.1) is 12.7 Å². The van der Waals surface area contributed by atoms with Gasteiger partial charge in [0.1, 0.15) is 5.82 Å². The smallest absolute Gasteiger partial charge is 0.261 e. The first-order valence-corrected chi connectivity index (χ1v) is 4.83. The number of anilines is 1. The third kappa shape index (κ3) is 1.62. The van der Waals surface area contributed by atoms with Gasteiger partial charge in [-0.2, -0.15) is 0 Å². The predicted octanol–water partition coefficient (Wildman–Crippen LogP) is 1.95. The monoisotopic (exact) mass is 219 g/mol. The van der Waals surface area contributed by atoms with Crippen molar-refractivity contribution in [3.63, 3.8) is 0 Å². The van der Waals surface area contributed by atoms with Crippen LogP contribution in [0.2, 0.25) is 0 Å². The fourth-order valence-corrected chi connectivity index (χ4v) is 1.68. The Labute approximate surface area is 92.2 Å². The molecule has 3 nitrogen and oxygen atoms in total. The van der Waals surface area contributed by atoms with Crippen molar-refractivity contribution < 1.29 is 14.0 Å². The van der Waals surface area contributed by atoms with Crippen molar-refractivity contribution in [2.24, 2.45) is 0 Å². The molecule has 16 heavy (non-hydrogen) atoms. The highest BCUT2D eigenvalue weighted by atomic mass is 19.1. The third-order valence-corrected chi connectivity index (χ3v) is 2.39. The van der Waals surface area contributed by atoms with E-state index in [0.717, 1.165) is 4.90 Å². The zero-order valence-electron chi connectivity index (χ0n) is 8.95. The number of rotatable bonds is 1. The van der Waals surface area contributed by atoms with E-state index in [-0.39, 0.29) is 5.69 Å².